The lowest BCUT2D eigenvalue weighted by molar-refractivity contribution is 1.19. The number of para-hydroxylation sites is 1. The van der Waals surface area contributed by atoms with Crippen LogP contribution in [-0.4, -0.2) is 4.57 Å². The van der Waals surface area contributed by atoms with Crippen LogP contribution in [0.1, 0.15) is 0 Å². The molecule has 0 unspecified atom stereocenters. The predicted molar refractivity (Wildman–Crippen MR) is 256 cm³/mol. The second-order valence-corrected chi connectivity index (χ2v) is 15.7. The molecular weight excluding hydrogens is 725 g/mol. The fourth-order valence-electron chi connectivity index (χ4n) is 9.42. The van der Waals surface area contributed by atoms with Gasteiger partial charge in [0, 0.05) is 38.6 Å². The average molecular weight is 763 g/mol. The van der Waals surface area contributed by atoms with Crippen LogP contribution in [0, 0.1) is 0 Å². The fourth-order valence-corrected chi connectivity index (χ4v) is 9.42. The normalized spacial score (nSPS) is 11.7. The summed E-state index contributed by atoms with van der Waals surface area (Å²) < 4.78 is 2.44. The smallest absolute Gasteiger partial charge is 0.0619 e. The maximum absolute atomic E-state index is 2.44. The Bertz CT molecular complexity index is 3580. The summed E-state index contributed by atoms with van der Waals surface area (Å²) in [5, 5.41) is 12.5. The summed E-state index contributed by atoms with van der Waals surface area (Å²) in [6.45, 7) is 0. The molecule has 0 spiro atoms. The third kappa shape index (κ3) is 5.57. The second kappa shape index (κ2) is 13.9. The van der Waals surface area contributed by atoms with Crippen molar-refractivity contribution in [1.29, 1.82) is 0 Å². The lowest BCUT2D eigenvalue weighted by Crippen LogP contribution is -2.10. The van der Waals surface area contributed by atoms with E-state index >= 15 is 0 Å². The molecule has 0 atom stereocenters. The number of hydrogen-bond acceptors (Lipinski definition) is 1. The molecule has 0 aliphatic rings. The highest BCUT2D eigenvalue weighted by Crippen LogP contribution is 2.42. The molecule has 0 amide bonds. The molecule has 2 heteroatoms. The average Bonchev–Trinajstić information content (AvgIpc) is 3.66. The van der Waals surface area contributed by atoms with E-state index in [4.69, 9.17) is 0 Å². The van der Waals surface area contributed by atoms with E-state index in [9.17, 15) is 0 Å². The first-order valence-electron chi connectivity index (χ1n) is 20.7. The first-order chi connectivity index (χ1) is 29.7. The van der Waals surface area contributed by atoms with Gasteiger partial charge in [0.05, 0.1) is 16.7 Å². The van der Waals surface area contributed by atoms with Gasteiger partial charge >= 0.3 is 0 Å². The number of rotatable bonds is 6. The number of benzene rings is 11. The number of aromatic nitrogens is 1. The molecule has 0 aliphatic carbocycles. The zero-order chi connectivity index (χ0) is 39.6. The Balaban J connectivity index is 0.965. The third-order valence-electron chi connectivity index (χ3n) is 12.3. The van der Waals surface area contributed by atoms with Crippen molar-refractivity contribution >= 4 is 82.0 Å². The summed E-state index contributed by atoms with van der Waals surface area (Å²) in [4.78, 5) is 2.39. The second-order valence-electron chi connectivity index (χ2n) is 15.7. The van der Waals surface area contributed by atoms with Gasteiger partial charge in [-0.25, -0.2) is 0 Å². The largest absolute Gasteiger partial charge is 0.310 e. The summed E-state index contributed by atoms with van der Waals surface area (Å²) >= 11 is 0. The Morgan fingerprint density at radius 1 is 0.283 bits per heavy atom. The standard InChI is InChI=1S/C58H38N2/c1-2-15-47(16-3-1)60-57-38-46(30-35-53(57)54-36-29-43-13-6-9-19-52(43)58(54)60)40-27-33-49(34-28-40)59(56-20-10-14-41-11-5-8-18-51(41)56)48-31-25-39(26-32-48)45-24-23-44-22-21-42-12-4-7-17-50(42)55(44)37-45/h1-38H. The molecule has 0 fully saturated rings. The highest BCUT2D eigenvalue weighted by atomic mass is 15.1. The van der Waals surface area contributed by atoms with Crippen LogP contribution in [0.5, 0.6) is 0 Å². The molecule has 12 rings (SSSR count). The van der Waals surface area contributed by atoms with Gasteiger partial charge in [-0.3, -0.25) is 0 Å². The quantitative estimate of drug-likeness (QED) is 0.153. The van der Waals surface area contributed by atoms with Gasteiger partial charge < -0.3 is 9.47 Å². The molecule has 12 aromatic rings. The third-order valence-corrected chi connectivity index (χ3v) is 12.3. The zero-order valence-corrected chi connectivity index (χ0v) is 32.8. The first-order valence-corrected chi connectivity index (χ1v) is 20.7. The summed E-state index contributed by atoms with van der Waals surface area (Å²) in [7, 11) is 0. The molecule has 0 aliphatic heterocycles. The van der Waals surface area contributed by atoms with Crippen molar-refractivity contribution in [1.82, 2.24) is 4.57 Å². The minimum atomic E-state index is 1.10. The molecule has 0 saturated carbocycles. The molecule has 2 nitrogen and oxygen atoms in total. The number of fused-ring (bicyclic) bond motifs is 9. The lowest BCUT2D eigenvalue weighted by Gasteiger charge is -2.27. The lowest BCUT2D eigenvalue weighted by atomic mass is 9.97. The van der Waals surface area contributed by atoms with Gasteiger partial charge in [-0.1, -0.05) is 176 Å². The number of nitrogens with zero attached hydrogens (tertiary/aromatic N) is 2. The van der Waals surface area contributed by atoms with Crippen LogP contribution in [0.4, 0.5) is 17.1 Å². The molecule has 0 saturated heterocycles. The predicted octanol–water partition coefficient (Wildman–Crippen LogP) is 16.2. The molecule has 11 aromatic carbocycles. The van der Waals surface area contributed by atoms with Crippen LogP contribution in [0.3, 0.4) is 0 Å². The number of hydrogen-bond donors (Lipinski definition) is 0. The first kappa shape index (κ1) is 34.1. The monoisotopic (exact) mass is 762 g/mol. The van der Waals surface area contributed by atoms with Crippen molar-refractivity contribution in [3.8, 4) is 27.9 Å². The summed E-state index contributed by atoms with van der Waals surface area (Å²) in [6.07, 6.45) is 0. The van der Waals surface area contributed by atoms with E-state index in [1.54, 1.807) is 0 Å². The van der Waals surface area contributed by atoms with Gasteiger partial charge in [0.25, 0.3) is 0 Å². The molecule has 60 heavy (non-hydrogen) atoms. The topological polar surface area (TPSA) is 8.17 Å². The molecule has 1 aromatic heterocycles. The maximum Gasteiger partial charge on any atom is 0.0619 e. The van der Waals surface area contributed by atoms with Crippen LogP contribution >= 0.6 is 0 Å². The molecule has 0 N–H and O–H groups in total. The number of anilines is 3. The summed E-state index contributed by atoms with van der Waals surface area (Å²) in [5.41, 5.74) is 11.7. The SMILES string of the molecule is c1ccc(-n2c3cc(-c4ccc(N(c5ccc(-c6ccc7ccc8ccccc8c7c6)cc5)c5cccc6ccccc56)cc4)ccc3c3ccc4ccccc4c32)cc1. The van der Waals surface area contributed by atoms with Crippen LogP contribution in [0.15, 0.2) is 231 Å². The van der Waals surface area contributed by atoms with Crippen LogP contribution in [-0.2, 0) is 0 Å². The highest BCUT2D eigenvalue weighted by molar-refractivity contribution is 6.19. The Morgan fingerprint density at radius 3 is 1.48 bits per heavy atom. The Hall–Kier alpha value is -7.94. The van der Waals surface area contributed by atoms with Crippen molar-refractivity contribution in [3.05, 3.63) is 231 Å². The van der Waals surface area contributed by atoms with Crippen molar-refractivity contribution in [2.24, 2.45) is 0 Å². The van der Waals surface area contributed by atoms with Crippen molar-refractivity contribution in [2.45, 2.75) is 0 Å². The fraction of sp³-hybridized carbons (Fsp3) is 0. The molecular formula is C58H38N2. The van der Waals surface area contributed by atoms with Crippen molar-refractivity contribution in [2.75, 3.05) is 4.90 Å². The van der Waals surface area contributed by atoms with E-state index in [-0.39, 0.29) is 0 Å². The van der Waals surface area contributed by atoms with Gasteiger partial charge in [0.1, 0.15) is 0 Å². The zero-order valence-electron chi connectivity index (χ0n) is 32.8. The van der Waals surface area contributed by atoms with Gasteiger partial charge in [-0.2, -0.15) is 0 Å². The van der Waals surface area contributed by atoms with Crippen molar-refractivity contribution in [3.63, 3.8) is 0 Å². The van der Waals surface area contributed by atoms with E-state index in [2.05, 4.69) is 240 Å². The summed E-state index contributed by atoms with van der Waals surface area (Å²) in [6, 6.07) is 84.3. The van der Waals surface area contributed by atoms with E-state index < -0.39 is 0 Å². The van der Waals surface area contributed by atoms with E-state index in [1.807, 2.05) is 0 Å². The van der Waals surface area contributed by atoms with E-state index in [0.29, 0.717) is 0 Å². The molecule has 280 valence electrons. The molecule has 1 heterocycles. The summed E-state index contributed by atoms with van der Waals surface area (Å²) in [5.74, 6) is 0. The van der Waals surface area contributed by atoms with Crippen molar-refractivity contribution < 1.29 is 0 Å². The van der Waals surface area contributed by atoms with Gasteiger partial charge in [-0.05, 0) is 109 Å². The van der Waals surface area contributed by atoms with E-state index in [0.717, 1.165) is 22.7 Å². The molecule has 0 radical (unpaired) electrons. The Morgan fingerprint density at radius 2 is 0.767 bits per heavy atom. The Labute approximate surface area is 348 Å². The van der Waals surface area contributed by atoms with Gasteiger partial charge in [0.2, 0.25) is 0 Å². The minimum absolute atomic E-state index is 1.10. The van der Waals surface area contributed by atoms with Gasteiger partial charge in [-0.15, -0.1) is 0 Å². The maximum atomic E-state index is 2.44. The van der Waals surface area contributed by atoms with Crippen LogP contribution in [0.25, 0.3) is 92.8 Å². The Kier molecular flexibility index (Phi) is 7.89. The minimum Gasteiger partial charge on any atom is -0.310 e. The van der Waals surface area contributed by atoms with Gasteiger partial charge in [0.15, 0.2) is 0 Å². The van der Waals surface area contributed by atoms with Crippen LogP contribution < -0.4 is 4.90 Å². The molecule has 0 bridgehead atoms. The highest BCUT2D eigenvalue weighted by Gasteiger charge is 2.18. The van der Waals surface area contributed by atoms with E-state index in [1.165, 1.54) is 87.1 Å². The van der Waals surface area contributed by atoms with Crippen LogP contribution in [0.2, 0.25) is 0 Å².